The average Bonchev–Trinajstić information content (AvgIpc) is 2.59. The fourth-order valence-corrected chi connectivity index (χ4v) is 2.78. The first kappa shape index (κ1) is 18.9. The van der Waals surface area contributed by atoms with Crippen LogP contribution in [0.1, 0.15) is 23.2 Å². The molecule has 0 amide bonds. The molecule has 134 valence electrons. The van der Waals surface area contributed by atoms with Crippen LogP contribution >= 0.6 is 0 Å². The lowest BCUT2D eigenvalue weighted by Gasteiger charge is -2.47. The molecule has 1 saturated heterocycles. The second-order valence-electron chi connectivity index (χ2n) is 5.73. The summed E-state index contributed by atoms with van der Waals surface area (Å²) in [6, 6.07) is 8.53. The van der Waals surface area contributed by atoms with Gasteiger partial charge in [0.2, 0.25) is 5.79 Å². The minimum Gasteiger partial charge on any atom is -0.387 e. The van der Waals surface area contributed by atoms with Crippen LogP contribution in [0.25, 0.3) is 0 Å². The van der Waals surface area contributed by atoms with Gasteiger partial charge in [-0.3, -0.25) is 4.79 Å². The molecule has 0 bridgehead atoms. The normalized spacial score (nSPS) is 33.6. The minimum atomic E-state index is -2.48. The van der Waals surface area contributed by atoms with E-state index in [0.29, 0.717) is 5.56 Å². The second-order valence-corrected chi connectivity index (χ2v) is 5.73. The molecule has 8 nitrogen and oxygen atoms in total. The summed E-state index contributed by atoms with van der Waals surface area (Å²) in [5.74, 6) is -2.66. The number of methoxy groups -OCH3 is 1. The van der Waals surface area contributed by atoms with Crippen molar-refractivity contribution in [2.45, 2.75) is 49.3 Å². The Morgan fingerprint density at radius 1 is 1.29 bits per heavy atom. The highest BCUT2D eigenvalue weighted by molar-refractivity contribution is 5.95. The van der Waals surface area contributed by atoms with E-state index in [-0.39, 0.29) is 18.6 Å². The summed E-state index contributed by atoms with van der Waals surface area (Å²) in [5.41, 5.74) is 0.496. The summed E-state index contributed by atoms with van der Waals surface area (Å²) in [4.78, 5) is 12.1. The molecule has 8 heteroatoms. The number of ether oxygens (including phenoxy) is 2. The molecule has 0 spiro atoms. The third-order valence-electron chi connectivity index (χ3n) is 4.21. The summed E-state index contributed by atoms with van der Waals surface area (Å²) >= 11 is 0. The van der Waals surface area contributed by atoms with E-state index in [4.69, 9.17) is 9.47 Å². The standard InChI is InChI=1S/C16H22O8/c1-23-16(22)13(19)12(18)11(24-14(16)15(20)21)8-7-10(17)9-5-3-2-4-6-9/h2-6,11-15,18-22H,7-8H2,1H3/t11-,12-,13+,14+,16+/m0/s1. The van der Waals surface area contributed by atoms with Crippen molar-refractivity contribution in [2.75, 3.05) is 7.11 Å². The number of rotatable bonds is 6. The molecule has 5 N–H and O–H groups in total. The van der Waals surface area contributed by atoms with Crippen molar-refractivity contribution in [3.63, 3.8) is 0 Å². The van der Waals surface area contributed by atoms with Crippen molar-refractivity contribution in [3.05, 3.63) is 35.9 Å². The number of ketones is 1. The predicted molar refractivity (Wildman–Crippen MR) is 80.9 cm³/mol. The Morgan fingerprint density at radius 2 is 1.92 bits per heavy atom. The van der Waals surface area contributed by atoms with Crippen LogP contribution in [0, 0.1) is 0 Å². The largest absolute Gasteiger partial charge is 0.387 e. The molecule has 1 aliphatic rings. The topological polar surface area (TPSA) is 137 Å². The highest BCUT2D eigenvalue weighted by atomic mass is 16.7. The van der Waals surface area contributed by atoms with Gasteiger partial charge in [-0.25, -0.2) is 0 Å². The summed E-state index contributed by atoms with van der Waals surface area (Å²) in [6.45, 7) is 0. The van der Waals surface area contributed by atoms with Crippen molar-refractivity contribution in [1.29, 1.82) is 0 Å². The molecule has 1 aromatic carbocycles. The first-order chi connectivity index (χ1) is 11.3. The highest BCUT2D eigenvalue weighted by Gasteiger charge is 2.57. The lowest BCUT2D eigenvalue weighted by molar-refractivity contribution is -0.385. The van der Waals surface area contributed by atoms with Crippen LogP contribution in [0.3, 0.4) is 0 Å². The van der Waals surface area contributed by atoms with Crippen LogP contribution in [0.4, 0.5) is 0 Å². The van der Waals surface area contributed by atoms with Gasteiger partial charge in [0.1, 0.15) is 12.2 Å². The molecular formula is C16H22O8. The van der Waals surface area contributed by atoms with Gasteiger partial charge in [-0.05, 0) is 6.42 Å². The van der Waals surface area contributed by atoms with Gasteiger partial charge in [-0.15, -0.1) is 0 Å². The lowest BCUT2D eigenvalue weighted by atomic mass is 9.88. The highest BCUT2D eigenvalue weighted by Crippen LogP contribution is 2.33. The van der Waals surface area contributed by atoms with Crippen molar-refractivity contribution in [2.24, 2.45) is 0 Å². The molecule has 5 atom stereocenters. The van der Waals surface area contributed by atoms with Crippen molar-refractivity contribution in [1.82, 2.24) is 0 Å². The number of Topliss-reactive ketones (excluding diaryl/α,β-unsaturated/α-hetero) is 1. The number of carbonyl (C=O) groups excluding carboxylic acids is 1. The number of aliphatic hydroxyl groups is 5. The van der Waals surface area contributed by atoms with Gasteiger partial charge in [0.15, 0.2) is 18.2 Å². The fraction of sp³-hybridized carbons (Fsp3) is 0.562. The Hall–Kier alpha value is -1.39. The van der Waals surface area contributed by atoms with Crippen LogP contribution in [0.5, 0.6) is 0 Å². The maximum Gasteiger partial charge on any atom is 0.226 e. The van der Waals surface area contributed by atoms with Crippen LogP contribution in [-0.2, 0) is 9.47 Å². The summed E-state index contributed by atoms with van der Waals surface area (Å²) in [7, 11) is 1.04. The second kappa shape index (κ2) is 7.66. The van der Waals surface area contributed by atoms with E-state index in [1.54, 1.807) is 30.3 Å². The van der Waals surface area contributed by atoms with E-state index in [1.165, 1.54) is 0 Å². The number of hydrogen-bond donors (Lipinski definition) is 5. The fourth-order valence-electron chi connectivity index (χ4n) is 2.78. The zero-order valence-corrected chi connectivity index (χ0v) is 13.1. The molecule has 1 aromatic rings. The summed E-state index contributed by atoms with van der Waals surface area (Å²) in [6.07, 6.45) is -8.28. The third kappa shape index (κ3) is 3.65. The van der Waals surface area contributed by atoms with Gasteiger partial charge in [-0.2, -0.15) is 0 Å². The quantitative estimate of drug-likeness (QED) is 0.321. The first-order valence-electron chi connectivity index (χ1n) is 7.54. The maximum atomic E-state index is 12.1. The number of hydrogen-bond acceptors (Lipinski definition) is 8. The van der Waals surface area contributed by atoms with Crippen molar-refractivity contribution >= 4 is 5.78 Å². The monoisotopic (exact) mass is 342 g/mol. The van der Waals surface area contributed by atoms with Gasteiger partial charge in [-0.1, -0.05) is 30.3 Å². The van der Waals surface area contributed by atoms with Crippen molar-refractivity contribution in [3.8, 4) is 0 Å². The Balaban J connectivity index is 2.07. The molecule has 0 unspecified atom stereocenters. The number of aliphatic hydroxyl groups excluding tert-OH is 3. The zero-order valence-electron chi connectivity index (χ0n) is 13.1. The molecule has 24 heavy (non-hydrogen) atoms. The van der Waals surface area contributed by atoms with Gasteiger partial charge in [0.25, 0.3) is 0 Å². The summed E-state index contributed by atoms with van der Waals surface area (Å²) in [5, 5.41) is 49.0. The molecule has 1 fully saturated rings. The smallest absolute Gasteiger partial charge is 0.226 e. The Kier molecular flexibility index (Phi) is 6.05. The van der Waals surface area contributed by atoms with Gasteiger partial charge in [0.05, 0.1) is 6.10 Å². The molecule has 0 saturated carbocycles. The average molecular weight is 342 g/mol. The van der Waals surface area contributed by atoms with Crippen LogP contribution < -0.4 is 0 Å². The molecule has 0 aromatic heterocycles. The lowest BCUT2D eigenvalue weighted by Crippen LogP contribution is -2.69. The van der Waals surface area contributed by atoms with E-state index in [1.807, 2.05) is 0 Å². The molecule has 0 radical (unpaired) electrons. The Morgan fingerprint density at radius 3 is 2.46 bits per heavy atom. The summed E-state index contributed by atoms with van der Waals surface area (Å²) < 4.78 is 10.00. The van der Waals surface area contributed by atoms with Crippen LogP contribution in [0.2, 0.25) is 0 Å². The number of benzene rings is 1. The van der Waals surface area contributed by atoms with Gasteiger partial charge in [0, 0.05) is 19.1 Å². The predicted octanol–water partition coefficient (Wildman–Crippen LogP) is -1.22. The minimum absolute atomic E-state index is 0.0120. The van der Waals surface area contributed by atoms with Gasteiger partial charge >= 0.3 is 0 Å². The van der Waals surface area contributed by atoms with Crippen LogP contribution in [0.15, 0.2) is 30.3 Å². The van der Waals surface area contributed by atoms with E-state index in [0.717, 1.165) is 7.11 Å². The van der Waals surface area contributed by atoms with Gasteiger partial charge < -0.3 is 35.0 Å². The van der Waals surface area contributed by atoms with E-state index in [2.05, 4.69) is 0 Å². The van der Waals surface area contributed by atoms with E-state index >= 15 is 0 Å². The Bertz CT molecular complexity index is 548. The molecule has 1 aliphatic heterocycles. The molecule has 2 rings (SSSR count). The molecule has 0 aliphatic carbocycles. The van der Waals surface area contributed by atoms with E-state index in [9.17, 15) is 30.3 Å². The maximum absolute atomic E-state index is 12.1. The van der Waals surface area contributed by atoms with E-state index < -0.39 is 36.5 Å². The zero-order chi connectivity index (χ0) is 17.9. The first-order valence-corrected chi connectivity index (χ1v) is 7.54. The number of carbonyl (C=O) groups is 1. The Labute approximate surface area is 138 Å². The van der Waals surface area contributed by atoms with Crippen LogP contribution in [-0.4, -0.2) is 74.9 Å². The molecule has 1 heterocycles. The molecular weight excluding hydrogens is 320 g/mol. The van der Waals surface area contributed by atoms with Crippen molar-refractivity contribution < 1.29 is 39.8 Å². The third-order valence-corrected chi connectivity index (χ3v) is 4.21. The SMILES string of the molecule is CO[C@@]1(O)[C@@H](C(O)O)O[C@@H](CCC(=O)c2ccccc2)[C@H](O)[C@H]1O.